The molecule has 30 heavy (non-hydrogen) atoms. The van der Waals surface area contributed by atoms with Gasteiger partial charge in [0.2, 0.25) is 0 Å². The van der Waals surface area contributed by atoms with Gasteiger partial charge in [0, 0.05) is 36.5 Å². The second-order valence-electron chi connectivity index (χ2n) is 6.23. The third kappa shape index (κ3) is 7.08. The Morgan fingerprint density at radius 1 is 0.933 bits per heavy atom. The number of fused-ring (bicyclic) bond motifs is 1. The van der Waals surface area contributed by atoms with Crippen molar-refractivity contribution in [1.29, 1.82) is 0 Å². The number of ether oxygens (including phenoxy) is 4. The van der Waals surface area contributed by atoms with Crippen molar-refractivity contribution in [3.8, 4) is 0 Å². The van der Waals surface area contributed by atoms with Crippen LogP contribution in [0, 0.1) is 0 Å². The molecule has 0 N–H and O–H groups in total. The Morgan fingerprint density at radius 3 is 2.20 bits per heavy atom. The number of nitrogens with zero attached hydrogens (tertiary/aromatic N) is 1. The van der Waals surface area contributed by atoms with Crippen molar-refractivity contribution in [2.75, 3.05) is 38.8 Å². The Labute approximate surface area is 173 Å². The zero-order valence-corrected chi connectivity index (χ0v) is 16.7. The van der Waals surface area contributed by atoms with Gasteiger partial charge in [0.25, 0.3) is 0 Å². The third-order valence-electron chi connectivity index (χ3n) is 4.22. The maximum Gasteiger partial charge on any atom is 0.331 e. The Bertz CT molecular complexity index is 845. The standard InChI is InChI=1S/C21H23NO8/c1-27-18(23)7-9-20(25)29-14-16(30-21(26)10-8-19(24)28-2)13-22-12-11-15-5-3-4-6-17(15)22/h3-10,16H,11-14H2,1-2H3/b9-7+,10-8+. The second-order valence-corrected chi connectivity index (χ2v) is 6.23. The highest BCUT2D eigenvalue weighted by atomic mass is 16.6. The number of esters is 4. The summed E-state index contributed by atoms with van der Waals surface area (Å²) in [6.07, 6.45) is 3.78. The molecule has 9 heteroatoms. The first-order chi connectivity index (χ1) is 14.4. The number of hydrogen-bond acceptors (Lipinski definition) is 9. The number of methoxy groups -OCH3 is 2. The largest absolute Gasteiger partial charge is 0.466 e. The van der Waals surface area contributed by atoms with Gasteiger partial charge in [-0.1, -0.05) is 18.2 Å². The van der Waals surface area contributed by atoms with E-state index in [1.807, 2.05) is 29.2 Å². The first kappa shape index (κ1) is 22.7. The average Bonchev–Trinajstić information content (AvgIpc) is 3.16. The topological polar surface area (TPSA) is 108 Å². The van der Waals surface area contributed by atoms with Crippen LogP contribution in [-0.2, 0) is 44.5 Å². The lowest BCUT2D eigenvalue weighted by Crippen LogP contribution is -2.37. The molecule has 0 fully saturated rings. The van der Waals surface area contributed by atoms with Crippen molar-refractivity contribution in [2.24, 2.45) is 0 Å². The first-order valence-electron chi connectivity index (χ1n) is 9.15. The highest BCUT2D eigenvalue weighted by Gasteiger charge is 2.24. The van der Waals surface area contributed by atoms with Crippen molar-refractivity contribution >= 4 is 29.6 Å². The number of benzene rings is 1. The van der Waals surface area contributed by atoms with E-state index in [-0.39, 0.29) is 13.2 Å². The number of carbonyl (C=O) groups is 4. The molecule has 0 saturated heterocycles. The number of para-hydroxylation sites is 1. The van der Waals surface area contributed by atoms with Crippen molar-refractivity contribution in [3.05, 3.63) is 54.1 Å². The van der Waals surface area contributed by atoms with E-state index < -0.39 is 30.0 Å². The SMILES string of the molecule is COC(=O)/C=C/C(=O)OCC(CN1CCc2ccccc21)OC(=O)/C=C/C(=O)OC. The zero-order chi connectivity index (χ0) is 21.9. The fourth-order valence-corrected chi connectivity index (χ4v) is 2.80. The van der Waals surface area contributed by atoms with Crippen LogP contribution in [0.3, 0.4) is 0 Å². The van der Waals surface area contributed by atoms with Gasteiger partial charge in [-0.05, 0) is 18.1 Å². The quantitative estimate of drug-likeness (QED) is 0.330. The molecule has 1 aromatic carbocycles. The van der Waals surface area contributed by atoms with E-state index in [9.17, 15) is 19.2 Å². The molecule has 0 spiro atoms. The highest BCUT2D eigenvalue weighted by molar-refractivity contribution is 5.92. The number of carbonyl (C=O) groups excluding carboxylic acids is 4. The third-order valence-corrected chi connectivity index (χ3v) is 4.22. The van der Waals surface area contributed by atoms with Crippen molar-refractivity contribution < 1.29 is 38.1 Å². The molecule has 1 aliphatic rings. The van der Waals surface area contributed by atoms with Gasteiger partial charge in [-0.2, -0.15) is 0 Å². The monoisotopic (exact) mass is 417 g/mol. The molecule has 0 radical (unpaired) electrons. The molecule has 0 amide bonds. The predicted molar refractivity (Wildman–Crippen MR) is 106 cm³/mol. The van der Waals surface area contributed by atoms with Crippen LogP contribution >= 0.6 is 0 Å². The maximum absolute atomic E-state index is 12.0. The summed E-state index contributed by atoms with van der Waals surface area (Å²) < 4.78 is 19.3. The Morgan fingerprint density at radius 2 is 1.53 bits per heavy atom. The zero-order valence-electron chi connectivity index (χ0n) is 16.7. The molecule has 1 heterocycles. The summed E-state index contributed by atoms with van der Waals surface area (Å²) in [7, 11) is 2.37. The fraction of sp³-hybridized carbons (Fsp3) is 0.333. The number of rotatable bonds is 9. The van der Waals surface area contributed by atoms with Crippen LogP contribution in [0.2, 0.25) is 0 Å². The van der Waals surface area contributed by atoms with Crippen LogP contribution in [0.15, 0.2) is 48.6 Å². The number of hydrogen-bond donors (Lipinski definition) is 0. The summed E-state index contributed by atoms with van der Waals surface area (Å²) in [5, 5.41) is 0. The van der Waals surface area contributed by atoms with Gasteiger partial charge in [-0.3, -0.25) is 0 Å². The van der Waals surface area contributed by atoms with Crippen LogP contribution in [0.25, 0.3) is 0 Å². The van der Waals surface area contributed by atoms with Crippen molar-refractivity contribution in [2.45, 2.75) is 12.5 Å². The highest BCUT2D eigenvalue weighted by Crippen LogP contribution is 2.27. The van der Waals surface area contributed by atoms with E-state index in [1.165, 1.54) is 19.8 Å². The predicted octanol–water partition coefficient (Wildman–Crippen LogP) is 0.962. The summed E-state index contributed by atoms with van der Waals surface area (Å²) in [5.41, 5.74) is 2.19. The lowest BCUT2D eigenvalue weighted by Gasteiger charge is -2.25. The molecule has 0 saturated carbocycles. The minimum atomic E-state index is -0.804. The summed E-state index contributed by atoms with van der Waals surface area (Å²) >= 11 is 0. The lowest BCUT2D eigenvalue weighted by molar-refractivity contribution is -0.152. The Kier molecular flexibility index (Phi) is 8.61. The van der Waals surface area contributed by atoms with Gasteiger partial charge in [0.15, 0.2) is 6.10 Å². The maximum atomic E-state index is 12.0. The number of anilines is 1. The smallest absolute Gasteiger partial charge is 0.331 e. The van der Waals surface area contributed by atoms with Gasteiger partial charge in [-0.25, -0.2) is 19.2 Å². The molecule has 160 valence electrons. The summed E-state index contributed by atoms with van der Waals surface area (Å²) in [6.45, 7) is 0.769. The van der Waals surface area contributed by atoms with Gasteiger partial charge in [0.1, 0.15) is 6.61 Å². The average molecular weight is 417 g/mol. The first-order valence-corrected chi connectivity index (χ1v) is 9.15. The van der Waals surface area contributed by atoms with Crippen molar-refractivity contribution in [3.63, 3.8) is 0 Å². The molecule has 1 aliphatic heterocycles. The van der Waals surface area contributed by atoms with E-state index in [2.05, 4.69) is 9.47 Å². The molecule has 2 rings (SSSR count). The van der Waals surface area contributed by atoms with Crippen LogP contribution in [0.5, 0.6) is 0 Å². The lowest BCUT2D eigenvalue weighted by atomic mass is 10.2. The molecule has 0 aliphatic carbocycles. The summed E-state index contributed by atoms with van der Waals surface area (Å²) in [4.78, 5) is 48.1. The summed E-state index contributed by atoms with van der Waals surface area (Å²) in [6, 6.07) is 7.85. The van der Waals surface area contributed by atoms with Crippen LogP contribution in [0.4, 0.5) is 5.69 Å². The minimum Gasteiger partial charge on any atom is -0.466 e. The molecule has 9 nitrogen and oxygen atoms in total. The van der Waals surface area contributed by atoms with Crippen LogP contribution in [-0.4, -0.2) is 63.9 Å². The van der Waals surface area contributed by atoms with E-state index in [1.54, 1.807) is 0 Å². The van der Waals surface area contributed by atoms with Gasteiger partial charge in [0.05, 0.1) is 20.8 Å². The Hall–Kier alpha value is -3.62. The Balaban J connectivity index is 2.02. The molecule has 1 aromatic rings. The minimum absolute atomic E-state index is 0.235. The van der Waals surface area contributed by atoms with Crippen LogP contribution < -0.4 is 4.90 Å². The van der Waals surface area contributed by atoms with Gasteiger partial charge >= 0.3 is 23.9 Å². The van der Waals surface area contributed by atoms with Gasteiger partial charge < -0.3 is 23.8 Å². The van der Waals surface area contributed by atoms with Crippen LogP contribution in [0.1, 0.15) is 5.56 Å². The van der Waals surface area contributed by atoms with Crippen molar-refractivity contribution in [1.82, 2.24) is 0 Å². The molecular weight excluding hydrogens is 394 g/mol. The molecule has 0 bridgehead atoms. The van der Waals surface area contributed by atoms with Gasteiger partial charge in [-0.15, -0.1) is 0 Å². The molecule has 1 atom stereocenters. The molecule has 1 unspecified atom stereocenters. The van der Waals surface area contributed by atoms with E-state index in [4.69, 9.17) is 9.47 Å². The molecule has 0 aromatic heterocycles. The fourth-order valence-electron chi connectivity index (χ4n) is 2.80. The van der Waals surface area contributed by atoms with E-state index in [0.29, 0.717) is 0 Å². The normalized spacial score (nSPS) is 13.7. The molecular formula is C21H23NO8. The van der Waals surface area contributed by atoms with E-state index >= 15 is 0 Å². The summed E-state index contributed by atoms with van der Waals surface area (Å²) in [5.74, 6) is -2.96. The van der Waals surface area contributed by atoms with E-state index in [0.717, 1.165) is 43.0 Å². The second kappa shape index (κ2) is 11.4.